The van der Waals surface area contributed by atoms with Gasteiger partial charge in [0.2, 0.25) is 17.7 Å². The van der Waals surface area contributed by atoms with Crippen molar-refractivity contribution in [1.82, 2.24) is 5.32 Å². The summed E-state index contributed by atoms with van der Waals surface area (Å²) < 4.78 is 4.97. The molecule has 3 atom stereocenters. The molecule has 0 saturated carbocycles. The Hall–Kier alpha value is -3.72. The number of rotatable bonds is 6. The summed E-state index contributed by atoms with van der Waals surface area (Å²) in [6, 6.07) is 11.5. The molecule has 33 heavy (non-hydrogen) atoms. The molecule has 2 aromatic rings. The predicted molar refractivity (Wildman–Crippen MR) is 121 cm³/mol. The topological polar surface area (TPSA) is 140 Å². The number of benzene rings is 2. The normalized spacial score (nSPS) is 23.2. The maximum Gasteiger partial charge on any atom is 0.338 e. The number of primary amides is 1. The number of nitrogens with one attached hydrogen (secondary N) is 3. The van der Waals surface area contributed by atoms with Gasteiger partial charge in [-0.25, -0.2) is 4.79 Å². The highest BCUT2D eigenvalue weighted by Crippen LogP contribution is 2.48. The van der Waals surface area contributed by atoms with E-state index in [9.17, 15) is 19.2 Å². The van der Waals surface area contributed by atoms with Crippen LogP contribution in [0.3, 0.4) is 0 Å². The van der Waals surface area contributed by atoms with Gasteiger partial charge in [-0.1, -0.05) is 17.7 Å². The molecule has 3 amide bonds. The highest BCUT2D eigenvalue weighted by molar-refractivity contribution is 6.10. The van der Waals surface area contributed by atoms with Crippen molar-refractivity contribution >= 4 is 35.1 Å². The van der Waals surface area contributed by atoms with Crippen LogP contribution >= 0.6 is 0 Å². The fourth-order valence-electron chi connectivity index (χ4n) is 4.68. The van der Waals surface area contributed by atoms with E-state index in [4.69, 9.17) is 10.5 Å². The minimum atomic E-state index is -1.31. The first-order valence-corrected chi connectivity index (χ1v) is 10.8. The van der Waals surface area contributed by atoms with E-state index in [0.717, 1.165) is 5.56 Å². The molecule has 3 unspecified atom stereocenters. The summed E-state index contributed by atoms with van der Waals surface area (Å²) in [5, 5.41) is 8.96. The van der Waals surface area contributed by atoms with Crippen molar-refractivity contribution in [3.05, 3.63) is 59.2 Å². The highest BCUT2D eigenvalue weighted by Gasteiger charge is 2.60. The molecule has 0 aromatic heterocycles. The zero-order valence-electron chi connectivity index (χ0n) is 18.4. The van der Waals surface area contributed by atoms with Crippen molar-refractivity contribution in [2.45, 2.75) is 38.3 Å². The first-order chi connectivity index (χ1) is 15.7. The summed E-state index contributed by atoms with van der Waals surface area (Å²) in [6.07, 6.45) is 0.269. The van der Waals surface area contributed by atoms with E-state index in [1.54, 1.807) is 31.2 Å². The van der Waals surface area contributed by atoms with Crippen LogP contribution in [0, 0.1) is 12.8 Å². The Morgan fingerprint density at radius 2 is 1.91 bits per heavy atom. The number of anilines is 2. The molecule has 2 aliphatic rings. The molecule has 1 fully saturated rings. The van der Waals surface area contributed by atoms with Crippen LogP contribution in [0.25, 0.3) is 0 Å². The SMILES string of the molecule is CCOC(=O)c1ccc(NC(=O)C2CC(CC(N)=O)NC23C(=O)Nc2ccc(C)cc23)cc1. The average Bonchev–Trinajstić information content (AvgIpc) is 3.27. The van der Waals surface area contributed by atoms with E-state index in [1.165, 1.54) is 0 Å². The summed E-state index contributed by atoms with van der Waals surface area (Å²) in [4.78, 5) is 50.1. The molecule has 2 aromatic carbocycles. The van der Waals surface area contributed by atoms with Gasteiger partial charge in [-0.15, -0.1) is 0 Å². The van der Waals surface area contributed by atoms with Gasteiger partial charge in [0.1, 0.15) is 5.54 Å². The number of aryl methyl sites for hydroxylation is 1. The van der Waals surface area contributed by atoms with Crippen LogP contribution in [-0.2, 0) is 24.7 Å². The number of ether oxygens (including phenoxy) is 1. The Bertz CT molecular complexity index is 1130. The second-order valence-electron chi connectivity index (χ2n) is 8.40. The Balaban J connectivity index is 1.64. The zero-order valence-corrected chi connectivity index (χ0v) is 18.4. The van der Waals surface area contributed by atoms with Crippen LogP contribution in [0.15, 0.2) is 42.5 Å². The van der Waals surface area contributed by atoms with E-state index >= 15 is 0 Å². The lowest BCUT2D eigenvalue weighted by atomic mass is 9.79. The number of fused-ring (bicyclic) bond motifs is 2. The largest absolute Gasteiger partial charge is 0.462 e. The maximum atomic E-state index is 13.4. The van der Waals surface area contributed by atoms with Gasteiger partial charge < -0.3 is 21.1 Å². The molecule has 2 heterocycles. The van der Waals surface area contributed by atoms with Gasteiger partial charge in [0.25, 0.3) is 0 Å². The van der Waals surface area contributed by atoms with Gasteiger partial charge in [0.15, 0.2) is 0 Å². The molecule has 0 bridgehead atoms. The number of nitrogens with two attached hydrogens (primary N) is 1. The molecular weight excluding hydrogens is 424 g/mol. The molecule has 9 heteroatoms. The predicted octanol–water partition coefficient (Wildman–Crippen LogP) is 1.81. The van der Waals surface area contributed by atoms with Crippen LogP contribution in [0.5, 0.6) is 0 Å². The number of amides is 3. The van der Waals surface area contributed by atoms with E-state index in [1.807, 2.05) is 25.1 Å². The molecular formula is C24H26N4O5. The maximum absolute atomic E-state index is 13.4. The van der Waals surface area contributed by atoms with Crippen molar-refractivity contribution < 1.29 is 23.9 Å². The van der Waals surface area contributed by atoms with Gasteiger partial charge in [0, 0.05) is 29.4 Å². The van der Waals surface area contributed by atoms with Crippen LogP contribution in [0.1, 0.15) is 41.3 Å². The van der Waals surface area contributed by atoms with Crippen molar-refractivity contribution in [3.63, 3.8) is 0 Å². The van der Waals surface area contributed by atoms with E-state index in [-0.39, 0.29) is 31.3 Å². The van der Waals surface area contributed by atoms with Crippen molar-refractivity contribution in [3.8, 4) is 0 Å². The van der Waals surface area contributed by atoms with Crippen molar-refractivity contribution in [2.75, 3.05) is 17.2 Å². The molecule has 0 aliphatic carbocycles. The third-order valence-electron chi connectivity index (χ3n) is 6.11. The minimum Gasteiger partial charge on any atom is -0.462 e. The molecule has 172 valence electrons. The molecule has 1 saturated heterocycles. The van der Waals surface area contributed by atoms with Crippen LogP contribution in [0.4, 0.5) is 11.4 Å². The molecule has 4 rings (SSSR count). The summed E-state index contributed by atoms with van der Waals surface area (Å²) in [7, 11) is 0. The number of esters is 1. The molecule has 0 radical (unpaired) electrons. The summed E-state index contributed by atoms with van der Waals surface area (Å²) >= 11 is 0. The average molecular weight is 450 g/mol. The fourth-order valence-corrected chi connectivity index (χ4v) is 4.68. The first kappa shape index (κ1) is 22.5. The van der Waals surface area contributed by atoms with E-state index in [2.05, 4.69) is 16.0 Å². The molecule has 5 N–H and O–H groups in total. The smallest absolute Gasteiger partial charge is 0.338 e. The number of hydrogen-bond donors (Lipinski definition) is 4. The molecule has 9 nitrogen and oxygen atoms in total. The highest BCUT2D eigenvalue weighted by atomic mass is 16.5. The minimum absolute atomic E-state index is 0.00813. The standard InChI is InChI=1S/C24H26N4O5/c1-3-33-22(31)14-5-7-15(8-6-14)26-21(30)18-11-16(12-20(25)29)28-24(18)17-10-13(2)4-9-19(17)27-23(24)32/h4-10,16,18,28H,3,11-12H2,1-2H3,(H2,25,29)(H,26,30)(H,27,32). The zero-order chi connectivity index (χ0) is 23.8. The monoisotopic (exact) mass is 450 g/mol. The van der Waals surface area contributed by atoms with Crippen LogP contribution in [-0.4, -0.2) is 36.3 Å². The quantitative estimate of drug-likeness (QED) is 0.495. The molecule has 1 spiro atoms. The van der Waals surface area contributed by atoms with Gasteiger partial charge in [-0.2, -0.15) is 0 Å². The Kier molecular flexibility index (Phi) is 5.90. The third kappa shape index (κ3) is 4.07. The number of hydrogen-bond acceptors (Lipinski definition) is 6. The van der Waals surface area contributed by atoms with Gasteiger partial charge >= 0.3 is 5.97 Å². The molecule has 2 aliphatic heterocycles. The number of carbonyl (C=O) groups excluding carboxylic acids is 4. The van der Waals surface area contributed by atoms with Gasteiger partial charge in [0.05, 0.1) is 18.1 Å². The van der Waals surface area contributed by atoms with E-state index < -0.39 is 29.4 Å². The van der Waals surface area contributed by atoms with Crippen LogP contribution < -0.4 is 21.7 Å². The third-order valence-corrected chi connectivity index (χ3v) is 6.11. The Morgan fingerprint density at radius 1 is 1.18 bits per heavy atom. The lowest BCUT2D eigenvalue weighted by molar-refractivity contribution is -0.130. The second kappa shape index (κ2) is 8.67. The summed E-state index contributed by atoms with van der Waals surface area (Å²) in [5.74, 6) is -2.45. The van der Waals surface area contributed by atoms with Gasteiger partial charge in [-0.05, 0) is 50.6 Å². The summed E-state index contributed by atoms with van der Waals surface area (Å²) in [5.41, 5.74) is 7.19. The second-order valence-corrected chi connectivity index (χ2v) is 8.40. The van der Waals surface area contributed by atoms with Crippen molar-refractivity contribution in [2.24, 2.45) is 11.7 Å². The Morgan fingerprint density at radius 3 is 2.58 bits per heavy atom. The lowest BCUT2D eigenvalue weighted by Gasteiger charge is -2.29. The first-order valence-electron chi connectivity index (χ1n) is 10.8. The van der Waals surface area contributed by atoms with Gasteiger partial charge in [-0.3, -0.25) is 19.7 Å². The van der Waals surface area contributed by atoms with Crippen molar-refractivity contribution in [1.29, 1.82) is 0 Å². The summed E-state index contributed by atoms with van der Waals surface area (Å²) in [6.45, 7) is 3.90. The lowest BCUT2D eigenvalue weighted by Crippen LogP contribution is -2.52. The van der Waals surface area contributed by atoms with E-state index in [0.29, 0.717) is 22.5 Å². The number of carbonyl (C=O) groups is 4. The Labute approximate surface area is 191 Å². The van der Waals surface area contributed by atoms with Crippen LogP contribution in [0.2, 0.25) is 0 Å². The fraction of sp³-hybridized carbons (Fsp3) is 0.333.